The van der Waals surface area contributed by atoms with Gasteiger partial charge < -0.3 is 20.7 Å². The van der Waals surface area contributed by atoms with Gasteiger partial charge in [0, 0.05) is 6.92 Å². The smallest absolute Gasteiger partial charge is 0.417 e. The predicted octanol–water partition coefficient (Wildman–Crippen LogP) is 3.44. The van der Waals surface area contributed by atoms with Crippen LogP contribution in [-0.2, 0) is 12.1 Å². The molecule has 0 aliphatic rings. The van der Waals surface area contributed by atoms with Crippen LogP contribution in [0.3, 0.4) is 0 Å². The van der Waals surface area contributed by atoms with Gasteiger partial charge in [0.15, 0.2) is 11.5 Å². The van der Waals surface area contributed by atoms with E-state index in [-0.39, 0.29) is 0 Å². The van der Waals surface area contributed by atoms with Crippen LogP contribution in [0.25, 0.3) is 0 Å². The Morgan fingerprint density at radius 3 is 2.48 bits per heavy atom. The molecule has 27 heavy (non-hydrogen) atoms. The minimum Gasteiger partial charge on any atom is -0.449 e. The minimum atomic E-state index is -4.84. The van der Waals surface area contributed by atoms with E-state index in [0.717, 1.165) is 12.1 Å². The Bertz CT molecular complexity index is 953. The van der Waals surface area contributed by atoms with Crippen molar-refractivity contribution < 1.29 is 31.9 Å². The maximum Gasteiger partial charge on any atom is 0.417 e. The van der Waals surface area contributed by atoms with Crippen LogP contribution < -0.4 is 16.0 Å². The molecule has 2 aromatic rings. The van der Waals surface area contributed by atoms with Crippen LogP contribution in [0.2, 0.25) is 5.02 Å². The second-order valence-electron chi connectivity index (χ2n) is 5.21. The van der Waals surface area contributed by atoms with Crippen molar-refractivity contribution in [2.45, 2.75) is 19.0 Å². The number of ether oxygens (including phenoxy) is 1. The molecule has 0 fully saturated rings. The summed E-state index contributed by atoms with van der Waals surface area (Å²) < 4.78 is 71.3. The molecule has 2 rings (SSSR count). The number of nitrogens with zero attached hydrogens (tertiary/aromatic N) is 2. The van der Waals surface area contributed by atoms with E-state index in [4.69, 9.17) is 27.3 Å². The van der Waals surface area contributed by atoms with Gasteiger partial charge in [-0.15, -0.1) is 0 Å². The molecule has 0 amide bonds. The Hall–Kier alpha value is -2.89. The summed E-state index contributed by atoms with van der Waals surface area (Å²) in [6.45, 7) is 0.376. The molecule has 0 unspecified atom stereocenters. The van der Waals surface area contributed by atoms with Gasteiger partial charge in [0.05, 0.1) is 10.6 Å². The van der Waals surface area contributed by atoms with Gasteiger partial charge in [-0.3, -0.25) is 4.79 Å². The lowest BCUT2D eigenvalue weighted by Crippen LogP contribution is -2.27. The monoisotopic (exact) mass is 412 g/mol. The quantitative estimate of drug-likeness (QED) is 0.234. The van der Waals surface area contributed by atoms with Crippen molar-refractivity contribution in [3.05, 3.63) is 50.7 Å². The molecular weight excluding hydrogens is 403 g/mol. The number of hydrogen-bond acceptors (Lipinski definition) is 5. The Kier molecular flexibility index (Phi) is 5.31. The number of H-pyrrole nitrogens is 1. The molecule has 0 aliphatic heterocycles. The minimum absolute atomic E-state index is 0.376. The third-order valence-electron chi connectivity index (χ3n) is 3.11. The Morgan fingerprint density at radius 1 is 1.33 bits per heavy atom. The fourth-order valence-corrected chi connectivity index (χ4v) is 2.15. The molecule has 4 N–H and O–H groups in total. The molecule has 0 bridgehead atoms. The summed E-state index contributed by atoms with van der Waals surface area (Å²) in [7, 11) is 0. The maximum atomic E-state index is 13.8. The zero-order valence-electron chi connectivity index (χ0n) is 13.2. The van der Waals surface area contributed by atoms with Crippen molar-refractivity contribution >= 4 is 17.4 Å². The fourth-order valence-electron chi connectivity index (χ4n) is 1.93. The number of hydrogen-bond donors (Lipinski definition) is 3. The zero-order valence-corrected chi connectivity index (χ0v) is 14.0. The highest BCUT2D eigenvalue weighted by molar-refractivity contribution is 6.31. The lowest BCUT2D eigenvalue weighted by molar-refractivity contribution is -0.137. The Labute approximate surface area is 152 Å². The number of rotatable bonds is 4. The number of amidine groups is 1. The highest BCUT2D eigenvalue weighted by atomic mass is 35.5. The number of alkyl halides is 5. The third-order valence-corrected chi connectivity index (χ3v) is 3.44. The topological polar surface area (TPSA) is 114 Å². The van der Waals surface area contributed by atoms with E-state index in [0.29, 0.717) is 13.0 Å². The van der Waals surface area contributed by atoms with Gasteiger partial charge in [0.25, 0.3) is 11.5 Å². The number of benzene rings is 1. The van der Waals surface area contributed by atoms with Crippen molar-refractivity contribution in [2.24, 2.45) is 10.9 Å². The van der Waals surface area contributed by atoms with Crippen LogP contribution in [0, 0.1) is 0 Å². The second kappa shape index (κ2) is 7.02. The molecule has 146 valence electrons. The van der Waals surface area contributed by atoms with E-state index in [1.807, 2.05) is 4.98 Å². The van der Waals surface area contributed by atoms with Gasteiger partial charge >= 0.3 is 6.18 Å². The molecule has 7 nitrogen and oxygen atoms in total. The summed E-state index contributed by atoms with van der Waals surface area (Å²) in [5, 5.41) is 10.4. The zero-order chi connectivity index (χ0) is 20.6. The first kappa shape index (κ1) is 20.4. The van der Waals surface area contributed by atoms with Gasteiger partial charge in [-0.25, -0.2) is 4.98 Å². The van der Waals surface area contributed by atoms with Crippen molar-refractivity contribution in [2.75, 3.05) is 0 Å². The van der Waals surface area contributed by atoms with Crippen LogP contribution in [-0.4, -0.2) is 21.0 Å². The predicted molar refractivity (Wildman–Crippen MR) is 83.5 cm³/mol. The van der Waals surface area contributed by atoms with E-state index in [1.165, 1.54) is 0 Å². The van der Waals surface area contributed by atoms with Crippen LogP contribution >= 0.6 is 11.6 Å². The van der Waals surface area contributed by atoms with Crippen LogP contribution in [0.15, 0.2) is 28.1 Å². The van der Waals surface area contributed by atoms with Gasteiger partial charge in [-0.05, 0) is 18.2 Å². The first-order valence-electron chi connectivity index (χ1n) is 6.89. The van der Waals surface area contributed by atoms with Crippen LogP contribution in [0.5, 0.6) is 11.5 Å². The molecule has 0 saturated carbocycles. The number of nitrogens with two attached hydrogens (primary N) is 1. The molecule has 1 heterocycles. The summed E-state index contributed by atoms with van der Waals surface area (Å²) in [6.07, 6.45) is -4.84. The first-order chi connectivity index (χ1) is 12.3. The average molecular weight is 413 g/mol. The number of nitrogens with one attached hydrogen (secondary N) is 1. The fraction of sp³-hybridized carbons (Fsp3) is 0.214. The summed E-state index contributed by atoms with van der Waals surface area (Å²) in [6, 6.07) is 2.22. The van der Waals surface area contributed by atoms with E-state index >= 15 is 0 Å². The molecule has 1 aromatic heterocycles. The van der Waals surface area contributed by atoms with Gasteiger partial charge in [0.2, 0.25) is 11.6 Å². The standard InChI is InChI=1S/C14H10ClF5N4O3/c1-13(16,17)9-8(12(25)23-11(22-9)10(21)24-26)27-5-2-3-7(15)6(4-5)14(18,19)20/h2-4,26H,1H3,(H2,21,24)(H,22,23,25). The average Bonchev–Trinajstić information content (AvgIpc) is 2.55. The SMILES string of the molecule is CC(F)(F)c1nc(/C(N)=N\O)[nH]c(=O)c1Oc1ccc(Cl)c(C(F)(F)F)c1. The highest BCUT2D eigenvalue weighted by Gasteiger charge is 2.36. The van der Waals surface area contributed by atoms with Gasteiger partial charge in [0.1, 0.15) is 5.75 Å². The first-order valence-corrected chi connectivity index (χ1v) is 7.27. The summed E-state index contributed by atoms with van der Waals surface area (Å²) in [4.78, 5) is 17.4. The molecule has 1 aromatic carbocycles. The summed E-state index contributed by atoms with van der Waals surface area (Å²) >= 11 is 5.46. The number of aromatic nitrogens is 2. The molecule has 13 heteroatoms. The Balaban J connectivity index is 2.62. The third kappa shape index (κ3) is 4.45. The van der Waals surface area contributed by atoms with Crippen molar-refractivity contribution in [3.8, 4) is 11.5 Å². The van der Waals surface area contributed by atoms with E-state index in [9.17, 15) is 26.7 Å². The van der Waals surface area contributed by atoms with Crippen LogP contribution in [0.4, 0.5) is 22.0 Å². The molecule has 0 aliphatic carbocycles. The van der Waals surface area contributed by atoms with Crippen molar-refractivity contribution in [1.82, 2.24) is 9.97 Å². The molecular formula is C14H10ClF5N4O3. The lowest BCUT2D eigenvalue weighted by atomic mass is 10.2. The van der Waals surface area contributed by atoms with E-state index in [1.54, 1.807) is 0 Å². The highest BCUT2D eigenvalue weighted by Crippen LogP contribution is 2.38. The van der Waals surface area contributed by atoms with Gasteiger partial charge in [-0.1, -0.05) is 16.8 Å². The van der Waals surface area contributed by atoms with Crippen LogP contribution in [0.1, 0.15) is 24.0 Å². The number of halogens is 6. The largest absolute Gasteiger partial charge is 0.449 e. The molecule has 0 spiro atoms. The van der Waals surface area contributed by atoms with E-state index < -0.39 is 57.1 Å². The summed E-state index contributed by atoms with van der Waals surface area (Å²) in [5.74, 6) is -6.84. The molecule has 0 atom stereocenters. The van der Waals surface area contributed by atoms with Crippen molar-refractivity contribution in [1.29, 1.82) is 0 Å². The number of aromatic amines is 1. The van der Waals surface area contributed by atoms with Gasteiger partial charge in [-0.2, -0.15) is 22.0 Å². The second-order valence-corrected chi connectivity index (χ2v) is 5.61. The maximum absolute atomic E-state index is 13.8. The normalized spacial score (nSPS) is 12.9. The Morgan fingerprint density at radius 2 is 1.96 bits per heavy atom. The molecule has 0 saturated heterocycles. The summed E-state index contributed by atoms with van der Waals surface area (Å²) in [5.41, 5.74) is 1.41. The van der Waals surface area contributed by atoms with E-state index in [2.05, 4.69) is 10.1 Å². The number of oxime groups is 1. The molecule has 0 radical (unpaired) electrons. The lowest BCUT2D eigenvalue weighted by Gasteiger charge is -2.16. The van der Waals surface area contributed by atoms with Crippen molar-refractivity contribution in [3.63, 3.8) is 0 Å².